The minimum atomic E-state index is 0.558. The Balaban J connectivity index is 1.89. The van der Waals surface area contributed by atoms with Crippen LogP contribution in [0, 0.1) is 0 Å². The first-order chi connectivity index (χ1) is 9.72. The first kappa shape index (κ1) is 15.0. The van der Waals surface area contributed by atoms with E-state index in [-0.39, 0.29) is 0 Å². The number of hydrogen-bond acceptors (Lipinski definition) is 3. The van der Waals surface area contributed by atoms with Crippen LogP contribution in [0.2, 0.25) is 0 Å². The number of rotatable bonds is 7. The molecule has 0 radical (unpaired) electrons. The lowest BCUT2D eigenvalue weighted by Gasteiger charge is -2.10. The molecule has 20 heavy (non-hydrogen) atoms. The van der Waals surface area contributed by atoms with Crippen molar-refractivity contribution in [3.05, 3.63) is 45.9 Å². The summed E-state index contributed by atoms with van der Waals surface area (Å²) in [5.41, 5.74) is 2.41. The van der Waals surface area contributed by atoms with Crippen LogP contribution in [0.5, 0.6) is 5.75 Å². The molecule has 0 spiro atoms. The molecule has 108 valence electrons. The van der Waals surface area contributed by atoms with Gasteiger partial charge in [-0.25, -0.2) is 4.98 Å². The molecular formula is C17H23NOS. The molecule has 1 aromatic carbocycles. The fourth-order valence-electron chi connectivity index (χ4n) is 2.03. The Labute approximate surface area is 125 Å². The highest BCUT2D eigenvalue weighted by Crippen LogP contribution is 2.22. The number of ether oxygens (including phenoxy) is 1. The lowest BCUT2D eigenvalue weighted by molar-refractivity contribution is 0.302. The predicted octanol–water partition coefficient (Wildman–Crippen LogP) is 5.19. The second-order valence-electron chi connectivity index (χ2n) is 5.15. The maximum absolute atomic E-state index is 5.80. The van der Waals surface area contributed by atoms with Crippen molar-refractivity contribution < 1.29 is 4.74 Å². The number of nitrogens with zero attached hydrogens (tertiary/aromatic N) is 1. The van der Waals surface area contributed by atoms with Gasteiger partial charge in [-0.1, -0.05) is 32.9 Å². The fourth-order valence-corrected chi connectivity index (χ4v) is 2.91. The lowest BCUT2D eigenvalue weighted by atomic mass is 9.99. The summed E-state index contributed by atoms with van der Waals surface area (Å²) in [5.74, 6) is 1.53. The van der Waals surface area contributed by atoms with Gasteiger partial charge in [0.15, 0.2) is 0 Å². The van der Waals surface area contributed by atoms with E-state index in [1.807, 2.05) is 0 Å². The van der Waals surface area contributed by atoms with E-state index >= 15 is 0 Å². The van der Waals surface area contributed by atoms with Crippen LogP contribution in [0.1, 0.15) is 55.8 Å². The molecule has 0 saturated heterocycles. The summed E-state index contributed by atoms with van der Waals surface area (Å²) in [4.78, 5) is 4.57. The average Bonchev–Trinajstić information content (AvgIpc) is 2.93. The van der Waals surface area contributed by atoms with Gasteiger partial charge in [-0.3, -0.25) is 0 Å². The highest BCUT2D eigenvalue weighted by atomic mass is 32.1. The van der Waals surface area contributed by atoms with E-state index < -0.39 is 0 Å². The van der Waals surface area contributed by atoms with Gasteiger partial charge in [0.25, 0.3) is 0 Å². The molecule has 0 bridgehead atoms. The van der Waals surface area contributed by atoms with Crippen LogP contribution >= 0.6 is 11.3 Å². The van der Waals surface area contributed by atoms with Gasteiger partial charge in [0.2, 0.25) is 0 Å². The van der Waals surface area contributed by atoms with E-state index in [2.05, 4.69) is 55.4 Å². The van der Waals surface area contributed by atoms with E-state index in [4.69, 9.17) is 4.74 Å². The largest absolute Gasteiger partial charge is 0.487 e. The number of hydrogen-bond donors (Lipinski definition) is 0. The first-order valence-corrected chi connectivity index (χ1v) is 8.27. The van der Waals surface area contributed by atoms with E-state index in [1.165, 1.54) is 17.0 Å². The number of benzene rings is 1. The summed E-state index contributed by atoms with van der Waals surface area (Å²) in [6.45, 7) is 7.20. The normalized spacial score (nSPS) is 12.3. The second-order valence-corrected chi connectivity index (χ2v) is 6.09. The van der Waals surface area contributed by atoms with Crippen LogP contribution in [0.25, 0.3) is 0 Å². The molecule has 2 nitrogen and oxygen atoms in total. The fraction of sp³-hybridized carbons (Fsp3) is 0.471. The van der Waals surface area contributed by atoms with Gasteiger partial charge in [-0.05, 0) is 42.9 Å². The molecule has 1 unspecified atom stereocenters. The van der Waals surface area contributed by atoms with Crippen molar-refractivity contribution in [2.75, 3.05) is 0 Å². The topological polar surface area (TPSA) is 22.1 Å². The van der Waals surface area contributed by atoms with Gasteiger partial charge < -0.3 is 4.74 Å². The van der Waals surface area contributed by atoms with Gasteiger partial charge >= 0.3 is 0 Å². The zero-order chi connectivity index (χ0) is 14.4. The van der Waals surface area contributed by atoms with Crippen molar-refractivity contribution in [2.24, 2.45) is 0 Å². The summed E-state index contributed by atoms with van der Waals surface area (Å²) in [6, 6.07) is 8.43. The molecule has 0 aliphatic heterocycles. The third kappa shape index (κ3) is 4.07. The number of aryl methyl sites for hydroxylation is 1. The van der Waals surface area contributed by atoms with E-state index in [0.717, 1.165) is 24.3 Å². The molecule has 1 aromatic heterocycles. The molecule has 1 atom stereocenters. The number of thiazole rings is 1. The van der Waals surface area contributed by atoms with Gasteiger partial charge in [-0.2, -0.15) is 0 Å². The number of aromatic nitrogens is 1. The first-order valence-electron chi connectivity index (χ1n) is 7.39. The Bertz CT molecular complexity index is 518. The Kier molecular flexibility index (Phi) is 5.60. The smallest absolute Gasteiger partial charge is 0.131 e. The van der Waals surface area contributed by atoms with Crippen molar-refractivity contribution >= 4 is 11.3 Å². The van der Waals surface area contributed by atoms with Gasteiger partial charge in [0.05, 0.1) is 10.7 Å². The molecule has 0 aliphatic carbocycles. The van der Waals surface area contributed by atoms with Crippen molar-refractivity contribution in [2.45, 2.75) is 52.6 Å². The van der Waals surface area contributed by atoms with Crippen LogP contribution in [0.4, 0.5) is 0 Å². The van der Waals surface area contributed by atoms with E-state index in [1.54, 1.807) is 11.3 Å². The molecule has 0 saturated carbocycles. The average molecular weight is 289 g/mol. The van der Waals surface area contributed by atoms with Crippen molar-refractivity contribution in [1.82, 2.24) is 4.98 Å². The van der Waals surface area contributed by atoms with Crippen LogP contribution < -0.4 is 4.74 Å². The molecular weight excluding hydrogens is 266 g/mol. The van der Waals surface area contributed by atoms with Crippen LogP contribution in [-0.2, 0) is 13.0 Å². The quantitative estimate of drug-likeness (QED) is 0.700. The van der Waals surface area contributed by atoms with Crippen LogP contribution in [-0.4, -0.2) is 4.98 Å². The maximum atomic E-state index is 5.80. The molecule has 0 amide bonds. The summed E-state index contributed by atoms with van der Waals surface area (Å²) < 4.78 is 5.80. The summed E-state index contributed by atoms with van der Waals surface area (Å²) in [5, 5.41) is 3.30. The minimum absolute atomic E-state index is 0.558. The Hall–Kier alpha value is -1.35. The highest BCUT2D eigenvalue weighted by Gasteiger charge is 2.04. The van der Waals surface area contributed by atoms with Crippen LogP contribution in [0.3, 0.4) is 0 Å². The predicted molar refractivity (Wildman–Crippen MR) is 85.6 cm³/mol. The highest BCUT2D eigenvalue weighted by molar-refractivity contribution is 7.09. The monoisotopic (exact) mass is 289 g/mol. The summed E-state index contributed by atoms with van der Waals surface area (Å²) in [6.07, 6.45) is 3.37. The third-order valence-electron chi connectivity index (χ3n) is 3.51. The molecule has 3 heteroatoms. The summed E-state index contributed by atoms with van der Waals surface area (Å²) in [7, 11) is 0. The zero-order valence-corrected chi connectivity index (χ0v) is 13.4. The Morgan fingerprint density at radius 2 is 1.95 bits per heavy atom. The van der Waals surface area contributed by atoms with Gasteiger partial charge in [0, 0.05) is 5.38 Å². The minimum Gasteiger partial charge on any atom is -0.487 e. The van der Waals surface area contributed by atoms with Crippen LogP contribution in [0.15, 0.2) is 29.6 Å². The zero-order valence-electron chi connectivity index (χ0n) is 12.6. The SMILES string of the molecule is CCCc1nc(COc2ccc(C(C)CC)cc2)cs1. The third-order valence-corrected chi connectivity index (χ3v) is 4.47. The second kappa shape index (κ2) is 7.44. The molecule has 0 fully saturated rings. The van der Waals surface area contributed by atoms with E-state index in [0.29, 0.717) is 12.5 Å². The Morgan fingerprint density at radius 3 is 2.60 bits per heavy atom. The summed E-state index contributed by atoms with van der Waals surface area (Å²) >= 11 is 1.73. The Morgan fingerprint density at radius 1 is 1.20 bits per heavy atom. The maximum Gasteiger partial charge on any atom is 0.131 e. The molecule has 2 aromatic rings. The van der Waals surface area contributed by atoms with Gasteiger partial charge in [-0.15, -0.1) is 11.3 Å². The molecule has 0 N–H and O–H groups in total. The molecule has 0 aliphatic rings. The van der Waals surface area contributed by atoms with Gasteiger partial charge in [0.1, 0.15) is 12.4 Å². The van der Waals surface area contributed by atoms with E-state index in [9.17, 15) is 0 Å². The van der Waals surface area contributed by atoms with Crippen molar-refractivity contribution in [3.8, 4) is 5.75 Å². The molecule has 1 heterocycles. The van der Waals surface area contributed by atoms with Crippen molar-refractivity contribution in [1.29, 1.82) is 0 Å². The van der Waals surface area contributed by atoms with Crippen molar-refractivity contribution in [3.63, 3.8) is 0 Å². The lowest BCUT2D eigenvalue weighted by Crippen LogP contribution is -1.97. The standard InChI is InChI=1S/C17H23NOS/c1-4-6-17-18-15(12-20-17)11-19-16-9-7-14(8-10-16)13(3)5-2/h7-10,12-13H,4-6,11H2,1-3H3. The molecule has 2 rings (SSSR count).